The fraction of sp³-hybridized carbons (Fsp3) is 0.429. The molecule has 0 aliphatic carbocycles. The lowest BCUT2D eigenvalue weighted by Gasteiger charge is -2.19. The van der Waals surface area contributed by atoms with Crippen molar-refractivity contribution in [2.45, 2.75) is 18.8 Å². The van der Waals surface area contributed by atoms with Gasteiger partial charge in [0.15, 0.2) is 5.82 Å². The fourth-order valence-electron chi connectivity index (χ4n) is 2.46. The second kappa shape index (κ2) is 7.72. The van der Waals surface area contributed by atoms with Gasteiger partial charge in [-0.1, -0.05) is 11.6 Å². The van der Waals surface area contributed by atoms with Crippen molar-refractivity contribution >= 4 is 35.9 Å². The smallest absolute Gasteiger partial charge is 0.276 e. The van der Waals surface area contributed by atoms with Gasteiger partial charge in [0.05, 0.1) is 0 Å². The lowest BCUT2D eigenvalue weighted by atomic mass is 9.98. The van der Waals surface area contributed by atoms with E-state index in [1.807, 2.05) is 0 Å². The molecule has 1 aliphatic heterocycles. The molecule has 0 aromatic carbocycles. The number of nitrogens with one attached hydrogen (secondary N) is 2. The molecule has 2 aromatic heterocycles. The van der Waals surface area contributed by atoms with E-state index in [1.54, 1.807) is 17.8 Å². The Kier molecular flexibility index (Phi) is 5.92. The Morgan fingerprint density at radius 1 is 1.43 bits per heavy atom. The first-order chi connectivity index (χ1) is 10.6. The Balaban J connectivity index is 0.00000192. The van der Waals surface area contributed by atoms with Crippen LogP contribution in [0, 0.1) is 0 Å². The quantitative estimate of drug-likeness (QED) is 0.878. The van der Waals surface area contributed by atoms with Crippen molar-refractivity contribution in [3.8, 4) is 0 Å². The van der Waals surface area contributed by atoms with Crippen LogP contribution in [0.2, 0.25) is 5.02 Å². The number of carbonyl (C=O) groups is 1. The number of piperidine rings is 1. The van der Waals surface area contributed by atoms with Crippen molar-refractivity contribution in [1.29, 1.82) is 0 Å². The summed E-state index contributed by atoms with van der Waals surface area (Å²) < 4.78 is 1.58. The Morgan fingerprint density at radius 3 is 2.87 bits per heavy atom. The summed E-state index contributed by atoms with van der Waals surface area (Å²) >= 11 is 5.87. The van der Waals surface area contributed by atoms with Crippen molar-refractivity contribution < 1.29 is 4.79 Å². The predicted octanol–water partition coefficient (Wildman–Crippen LogP) is 2.00. The maximum Gasteiger partial charge on any atom is 0.276 e. The molecule has 2 aromatic rings. The van der Waals surface area contributed by atoms with Gasteiger partial charge in [-0.2, -0.15) is 10.1 Å². The Morgan fingerprint density at radius 2 is 2.17 bits per heavy atom. The normalized spacial score (nSPS) is 15.0. The van der Waals surface area contributed by atoms with Crippen LogP contribution in [-0.2, 0) is 7.05 Å². The van der Waals surface area contributed by atoms with Gasteiger partial charge in [-0.25, -0.2) is 4.68 Å². The van der Waals surface area contributed by atoms with E-state index in [2.05, 4.69) is 25.7 Å². The minimum atomic E-state index is -0.352. The lowest BCUT2D eigenvalue weighted by Crippen LogP contribution is -2.27. The van der Waals surface area contributed by atoms with Gasteiger partial charge in [0.1, 0.15) is 5.69 Å². The zero-order chi connectivity index (χ0) is 15.5. The summed E-state index contributed by atoms with van der Waals surface area (Å²) in [4.78, 5) is 20.6. The minimum absolute atomic E-state index is 0. The molecular formula is C14H18Cl2N6O. The molecule has 0 saturated carbocycles. The number of aromatic nitrogens is 4. The highest BCUT2D eigenvalue weighted by Crippen LogP contribution is 2.23. The van der Waals surface area contributed by atoms with E-state index >= 15 is 0 Å². The largest absolute Gasteiger partial charge is 0.317 e. The van der Waals surface area contributed by atoms with Crippen molar-refractivity contribution in [2.24, 2.45) is 7.05 Å². The van der Waals surface area contributed by atoms with E-state index < -0.39 is 0 Å². The van der Waals surface area contributed by atoms with Crippen molar-refractivity contribution in [3.63, 3.8) is 0 Å². The van der Waals surface area contributed by atoms with Crippen LogP contribution < -0.4 is 10.6 Å². The van der Waals surface area contributed by atoms with Crippen LogP contribution >= 0.6 is 24.0 Å². The van der Waals surface area contributed by atoms with E-state index in [9.17, 15) is 4.79 Å². The van der Waals surface area contributed by atoms with Crippen molar-refractivity contribution in [1.82, 2.24) is 25.1 Å². The van der Waals surface area contributed by atoms with Gasteiger partial charge in [-0.05, 0) is 38.1 Å². The number of aryl methyl sites for hydroxylation is 1. The van der Waals surface area contributed by atoms with Gasteiger partial charge < -0.3 is 5.32 Å². The predicted molar refractivity (Wildman–Crippen MR) is 90.3 cm³/mol. The highest BCUT2D eigenvalue weighted by molar-refractivity contribution is 6.30. The van der Waals surface area contributed by atoms with Gasteiger partial charge in [0, 0.05) is 24.2 Å². The highest BCUT2D eigenvalue weighted by atomic mass is 35.5. The van der Waals surface area contributed by atoms with E-state index in [0.717, 1.165) is 31.8 Å². The summed E-state index contributed by atoms with van der Waals surface area (Å²) in [5.74, 6) is 1.18. The molecule has 1 saturated heterocycles. The number of rotatable bonds is 3. The summed E-state index contributed by atoms with van der Waals surface area (Å²) in [6.07, 6.45) is 3.51. The Labute approximate surface area is 145 Å². The molecule has 1 amide bonds. The molecule has 2 N–H and O–H groups in total. The zero-order valence-corrected chi connectivity index (χ0v) is 14.2. The Hall–Kier alpha value is -1.70. The van der Waals surface area contributed by atoms with Crippen LogP contribution in [0.5, 0.6) is 0 Å². The second-order valence-corrected chi connectivity index (χ2v) is 5.69. The molecule has 0 bridgehead atoms. The van der Waals surface area contributed by atoms with Gasteiger partial charge in [-0.15, -0.1) is 12.4 Å². The summed E-state index contributed by atoms with van der Waals surface area (Å²) in [7, 11) is 1.76. The molecule has 124 valence electrons. The first-order valence-electron chi connectivity index (χ1n) is 7.18. The van der Waals surface area contributed by atoms with Crippen molar-refractivity contribution in [2.75, 3.05) is 18.4 Å². The first-order valence-corrected chi connectivity index (χ1v) is 7.56. The van der Waals surface area contributed by atoms with E-state index in [0.29, 0.717) is 16.9 Å². The maximum absolute atomic E-state index is 12.2. The molecule has 9 heteroatoms. The number of nitrogens with zero attached hydrogens (tertiary/aromatic N) is 4. The average molecular weight is 357 g/mol. The van der Waals surface area contributed by atoms with Gasteiger partial charge in [-0.3, -0.25) is 15.1 Å². The summed E-state index contributed by atoms with van der Waals surface area (Å²) in [5.41, 5.74) is 0.249. The summed E-state index contributed by atoms with van der Waals surface area (Å²) in [5, 5.41) is 10.9. The molecule has 3 heterocycles. The lowest BCUT2D eigenvalue weighted by molar-refractivity contribution is 0.102. The van der Waals surface area contributed by atoms with Gasteiger partial charge in [0.2, 0.25) is 5.95 Å². The summed E-state index contributed by atoms with van der Waals surface area (Å²) in [6.45, 7) is 1.94. The monoisotopic (exact) mass is 356 g/mol. The molecule has 23 heavy (non-hydrogen) atoms. The standard InChI is InChI=1S/C14H17ClN6O.ClH/c1-21-14(18-12(20-21)9-2-5-16-6-3-9)19-13(22)11-8-10(15)4-7-17-11;/h4,7-9,16H,2-3,5-6H2,1H3,(H,18,19,20,22);1H. The summed E-state index contributed by atoms with van der Waals surface area (Å²) in [6, 6.07) is 3.14. The molecule has 0 unspecified atom stereocenters. The third-order valence-electron chi connectivity index (χ3n) is 3.66. The van der Waals surface area contributed by atoms with Gasteiger partial charge in [0.25, 0.3) is 5.91 Å². The van der Waals surface area contributed by atoms with Gasteiger partial charge >= 0.3 is 0 Å². The number of pyridine rings is 1. The van der Waals surface area contributed by atoms with Crippen molar-refractivity contribution in [3.05, 3.63) is 34.9 Å². The number of anilines is 1. The third kappa shape index (κ3) is 4.19. The first kappa shape index (κ1) is 17.7. The molecule has 1 aliphatic rings. The maximum atomic E-state index is 12.2. The molecule has 3 rings (SSSR count). The number of hydrogen-bond acceptors (Lipinski definition) is 5. The molecule has 0 spiro atoms. The van der Waals surface area contributed by atoms with E-state index in [4.69, 9.17) is 11.6 Å². The van der Waals surface area contributed by atoms with Crippen LogP contribution in [0.1, 0.15) is 35.1 Å². The topological polar surface area (TPSA) is 84.7 Å². The number of halogens is 2. The van der Waals surface area contributed by atoms with E-state index in [1.165, 1.54) is 12.3 Å². The van der Waals surface area contributed by atoms with E-state index in [-0.39, 0.29) is 24.0 Å². The van der Waals surface area contributed by atoms with Crippen LogP contribution in [-0.4, -0.2) is 38.7 Å². The fourth-order valence-corrected chi connectivity index (χ4v) is 2.62. The molecule has 7 nitrogen and oxygen atoms in total. The van der Waals surface area contributed by atoms with Crippen LogP contribution in [0.4, 0.5) is 5.95 Å². The SMILES string of the molecule is Cl.Cn1nc(C2CCNCC2)nc1NC(=O)c1cc(Cl)ccn1. The molecular weight excluding hydrogens is 339 g/mol. The van der Waals surface area contributed by atoms with Crippen LogP contribution in [0.3, 0.4) is 0 Å². The van der Waals surface area contributed by atoms with Crippen LogP contribution in [0.25, 0.3) is 0 Å². The average Bonchev–Trinajstić information content (AvgIpc) is 2.89. The molecule has 0 radical (unpaired) electrons. The number of carbonyl (C=O) groups excluding carboxylic acids is 1. The third-order valence-corrected chi connectivity index (χ3v) is 3.90. The highest BCUT2D eigenvalue weighted by Gasteiger charge is 2.21. The number of amides is 1. The van der Waals surface area contributed by atoms with Crippen LogP contribution in [0.15, 0.2) is 18.3 Å². The second-order valence-electron chi connectivity index (χ2n) is 5.25. The Bertz CT molecular complexity index is 684. The molecule has 0 atom stereocenters. The number of hydrogen-bond donors (Lipinski definition) is 2. The zero-order valence-electron chi connectivity index (χ0n) is 12.6. The molecule has 1 fully saturated rings. The minimum Gasteiger partial charge on any atom is -0.317 e.